The second-order valence-corrected chi connectivity index (χ2v) is 11.6. The average molecular weight is 585 g/mol. The van der Waals surface area contributed by atoms with E-state index in [1.165, 1.54) is 16.6 Å². The van der Waals surface area contributed by atoms with Gasteiger partial charge in [0, 0.05) is 15.0 Å². The molecule has 0 saturated heterocycles. The molecule has 1 N–H and O–H groups in total. The number of hydrogen-bond acceptors (Lipinski definition) is 6. The zero-order valence-electron chi connectivity index (χ0n) is 20.1. The molecule has 1 aliphatic carbocycles. The highest BCUT2D eigenvalue weighted by Crippen LogP contribution is 2.35. The molecule has 9 heteroatoms. The fraction of sp³-hybridized carbons (Fsp3) is 0.296. The Morgan fingerprint density at radius 2 is 1.97 bits per heavy atom. The maximum absolute atomic E-state index is 13.9. The van der Waals surface area contributed by atoms with Crippen LogP contribution >= 0.6 is 39.0 Å². The van der Waals surface area contributed by atoms with Gasteiger partial charge in [0.25, 0.3) is 5.56 Å². The van der Waals surface area contributed by atoms with E-state index >= 15 is 0 Å². The maximum atomic E-state index is 13.9. The molecule has 0 aliphatic heterocycles. The molecule has 0 saturated carbocycles. The van der Waals surface area contributed by atoms with Crippen LogP contribution < -0.4 is 15.6 Å². The van der Waals surface area contributed by atoms with Crippen molar-refractivity contribution in [2.24, 2.45) is 0 Å². The molecular weight excluding hydrogens is 558 g/mol. The molecule has 2 heterocycles. The van der Waals surface area contributed by atoms with Crippen LogP contribution in [0.4, 0.5) is 5.69 Å². The molecule has 0 fully saturated rings. The van der Waals surface area contributed by atoms with E-state index in [9.17, 15) is 9.59 Å². The summed E-state index contributed by atoms with van der Waals surface area (Å²) >= 11 is 6.34. The molecule has 0 radical (unpaired) electrons. The zero-order chi connectivity index (χ0) is 25.2. The lowest BCUT2D eigenvalue weighted by Gasteiger charge is -2.14. The number of rotatable bonds is 7. The third kappa shape index (κ3) is 5.10. The van der Waals surface area contributed by atoms with E-state index in [1.807, 2.05) is 56.3 Å². The molecule has 0 bridgehead atoms. The fourth-order valence-electron chi connectivity index (χ4n) is 4.45. The Kier molecular flexibility index (Phi) is 7.50. The number of carbonyl (C=O) groups excluding carboxylic acids is 1. The number of benzene rings is 2. The Balaban J connectivity index is 1.50. The van der Waals surface area contributed by atoms with Crippen LogP contribution in [0.5, 0.6) is 5.75 Å². The monoisotopic (exact) mass is 583 g/mol. The van der Waals surface area contributed by atoms with Crippen molar-refractivity contribution in [3.05, 3.63) is 73.3 Å². The van der Waals surface area contributed by atoms with Gasteiger partial charge in [-0.15, -0.1) is 11.3 Å². The molecule has 6 nitrogen and oxygen atoms in total. The molecule has 1 amide bonds. The summed E-state index contributed by atoms with van der Waals surface area (Å²) in [5.41, 5.74) is 3.52. The minimum atomic E-state index is -0.150. The lowest BCUT2D eigenvalue weighted by atomic mass is 9.97. The summed E-state index contributed by atoms with van der Waals surface area (Å²) in [7, 11) is 0. The van der Waals surface area contributed by atoms with E-state index < -0.39 is 0 Å². The third-order valence-electron chi connectivity index (χ3n) is 6.16. The molecule has 0 spiro atoms. The minimum absolute atomic E-state index is 0.0739. The van der Waals surface area contributed by atoms with Crippen molar-refractivity contribution >= 4 is 60.8 Å². The van der Waals surface area contributed by atoms with E-state index in [1.54, 1.807) is 15.9 Å². The summed E-state index contributed by atoms with van der Waals surface area (Å²) in [4.78, 5) is 33.7. The number of hydrogen-bond donors (Lipinski definition) is 1. The van der Waals surface area contributed by atoms with Crippen molar-refractivity contribution in [3.63, 3.8) is 0 Å². The molecule has 2 aromatic carbocycles. The SMILES string of the molecule is CCOc1ccc(-n2c(SCC(=O)Nc3ccc(Br)cc3C)nc3sc4c(c3c2=O)CCCC4)cc1. The normalized spacial score (nSPS) is 13.0. The number of fused-ring (bicyclic) bond motifs is 3. The number of thioether (sulfide) groups is 1. The van der Waals surface area contributed by atoms with E-state index in [0.29, 0.717) is 17.5 Å². The molecular formula is C27H26BrN3O3S2. The lowest BCUT2D eigenvalue weighted by molar-refractivity contribution is -0.113. The van der Waals surface area contributed by atoms with Crippen LogP contribution in [0.1, 0.15) is 35.8 Å². The quantitative estimate of drug-likeness (QED) is 0.198. The van der Waals surface area contributed by atoms with E-state index in [-0.39, 0.29) is 17.2 Å². The number of nitrogens with one attached hydrogen (secondary N) is 1. The molecule has 4 aromatic rings. The largest absolute Gasteiger partial charge is 0.494 e. The van der Waals surface area contributed by atoms with Gasteiger partial charge in [-0.3, -0.25) is 14.2 Å². The van der Waals surface area contributed by atoms with Gasteiger partial charge in [0.2, 0.25) is 5.91 Å². The number of amides is 1. The van der Waals surface area contributed by atoms with Crippen molar-refractivity contribution in [1.29, 1.82) is 0 Å². The zero-order valence-corrected chi connectivity index (χ0v) is 23.3. The van der Waals surface area contributed by atoms with Gasteiger partial charge in [0.1, 0.15) is 10.6 Å². The average Bonchev–Trinajstić information content (AvgIpc) is 3.24. The molecule has 0 atom stereocenters. The van der Waals surface area contributed by atoms with Crippen LogP contribution in [-0.4, -0.2) is 27.8 Å². The van der Waals surface area contributed by atoms with Crippen LogP contribution in [-0.2, 0) is 17.6 Å². The highest BCUT2D eigenvalue weighted by atomic mass is 79.9. The lowest BCUT2D eigenvalue weighted by Crippen LogP contribution is -2.23. The first-order valence-corrected chi connectivity index (χ1v) is 14.5. The van der Waals surface area contributed by atoms with Crippen molar-refractivity contribution in [2.75, 3.05) is 17.7 Å². The van der Waals surface area contributed by atoms with Crippen LogP contribution in [0.2, 0.25) is 0 Å². The molecule has 186 valence electrons. The molecule has 36 heavy (non-hydrogen) atoms. The van der Waals surface area contributed by atoms with Crippen molar-refractivity contribution in [2.45, 2.75) is 44.7 Å². The highest BCUT2D eigenvalue weighted by molar-refractivity contribution is 9.10. The highest BCUT2D eigenvalue weighted by Gasteiger charge is 2.23. The van der Waals surface area contributed by atoms with Gasteiger partial charge in [-0.2, -0.15) is 0 Å². The van der Waals surface area contributed by atoms with Crippen molar-refractivity contribution in [3.8, 4) is 11.4 Å². The van der Waals surface area contributed by atoms with Crippen LogP contribution in [0.15, 0.2) is 56.9 Å². The molecule has 0 unspecified atom stereocenters. The molecule has 5 rings (SSSR count). The summed E-state index contributed by atoms with van der Waals surface area (Å²) in [5, 5.41) is 4.21. The first kappa shape index (κ1) is 25.0. The number of thiophene rings is 1. The van der Waals surface area contributed by atoms with Gasteiger partial charge in [-0.1, -0.05) is 27.7 Å². The standard InChI is InChI=1S/C27H26BrN3O3S2/c1-3-34-19-11-9-18(10-12-19)31-26(33)24-20-6-4-5-7-22(20)36-25(24)30-27(31)35-15-23(32)29-21-13-8-17(28)14-16(21)2/h8-14H,3-7,15H2,1-2H3,(H,29,32). The fourth-order valence-corrected chi connectivity index (χ4v) is 7.04. The van der Waals surface area contributed by atoms with Crippen molar-refractivity contribution < 1.29 is 9.53 Å². The van der Waals surface area contributed by atoms with Crippen molar-refractivity contribution in [1.82, 2.24) is 9.55 Å². The second-order valence-electron chi connectivity index (χ2n) is 8.65. The number of halogens is 1. The van der Waals surface area contributed by atoms with Crippen LogP contribution in [0.25, 0.3) is 15.9 Å². The first-order valence-electron chi connectivity index (χ1n) is 11.9. The van der Waals surface area contributed by atoms with E-state index in [0.717, 1.165) is 62.9 Å². The Hall–Kier alpha value is -2.62. The summed E-state index contributed by atoms with van der Waals surface area (Å²) in [6, 6.07) is 13.2. The second kappa shape index (κ2) is 10.8. The Morgan fingerprint density at radius 3 is 2.72 bits per heavy atom. The van der Waals surface area contributed by atoms with Gasteiger partial charge in [-0.05, 0) is 93.1 Å². The summed E-state index contributed by atoms with van der Waals surface area (Å²) in [5.74, 6) is 0.730. The van der Waals surface area contributed by atoms with Crippen LogP contribution in [0.3, 0.4) is 0 Å². The number of nitrogens with zero attached hydrogens (tertiary/aromatic N) is 2. The van der Waals surface area contributed by atoms with Gasteiger partial charge < -0.3 is 10.1 Å². The van der Waals surface area contributed by atoms with Gasteiger partial charge in [-0.25, -0.2) is 4.98 Å². The third-order valence-corrected chi connectivity index (χ3v) is 8.78. The number of ether oxygens (including phenoxy) is 1. The number of carbonyl (C=O) groups is 1. The van der Waals surface area contributed by atoms with Gasteiger partial charge in [0.15, 0.2) is 5.16 Å². The Bertz CT molecular complexity index is 1500. The summed E-state index contributed by atoms with van der Waals surface area (Å²) < 4.78 is 8.18. The van der Waals surface area contributed by atoms with E-state index in [4.69, 9.17) is 9.72 Å². The number of anilines is 1. The minimum Gasteiger partial charge on any atom is -0.494 e. The predicted octanol–water partition coefficient (Wildman–Crippen LogP) is 6.53. The van der Waals surface area contributed by atoms with Gasteiger partial charge >= 0.3 is 0 Å². The number of aryl methyl sites for hydroxylation is 3. The molecule has 1 aliphatic rings. The smallest absolute Gasteiger partial charge is 0.267 e. The van der Waals surface area contributed by atoms with Crippen LogP contribution in [0, 0.1) is 6.92 Å². The van der Waals surface area contributed by atoms with E-state index in [2.05, 4.69) is 21.2 Å². The Labute approximate surface area is 226 Å². The Morgan fingerprint density at radius 1 is 1.19 bits per heavy atom. The number of aromatic nitrogens is 2. The topological polar surface area (TPSA) is 73.2 Å². The maximum Gasteiger partial charge on any atom is 0.267 e. The van der Waals surface area contributed by atoms with Gasteiger partial charge in [0.05, 0.1) is 23.4 Å². The first-order chi connectivity index (χ1) is 17.4. The summed E-state index contributed by atoms with van der Waals surface area (Å²) in [6.45, 7) is 4.46. The summed E-state index contributed by atoms with van der Waals surface area (Å²) in [6.07, 6.45) is 4.14. The predicted molar refractivity (Wildman–Crippen MR) is 151 cm³/mol. The molecule has 2 aromatic heterocycles.